The Kier molecular flexibility index (Phi) is 5.63. The number of carbonyl (C=O) groups excluding carboxylic acids is 1. The standard InChI is InChI=1S/C21H19NO4/c23-19(24)11-8-15-6-9-17(10-7-15)20-18(12-13-22-20)21(25)26-14-16-4-2-1-3-5-16/h1-13,19,22-24H,14H2/b11-8+. The van der Waals surface area contributed by atoms with Gasteiger partial charge in [0.2, 0.25) is 0 Å². The van der Waals surface area contributed by atoms with Crippen LogP contribution >= 0.6 is 0 Å². The van der Waals surface area contributed by atoms with Crippen LogP contribution < -0.4 is 0 Å². The van der Waals surface area contributed by atoms with Crippen molar-refractivity contribution in [2.24, 2.45) is 0 Å². The van der Waals surface area contributed by atoms with Crippen LogP contribution in [-0.4, -0.2) is 27.5 Å². The van der Waals surface area contributed by atoms with Gasteiger partial charge >= 0.3 is 5.97 Å². The number of aromatic amines is 1. The van der Waals surface area contributed by atoms with Gasteiger partial charge in [0.15, 0.2) is 6.29 Å². The minimum Gasteiger partial charge on any atom is -0.457 e. The number of ether oxygens (including phenoxy) is 1. The molecule has 1 heterocycles. The molecule has 3 N–H and O–H groups in total. The summed E-state index contributed by atoms with van der Waals surface area (Å²) in [7, 11) is 0. The van der Waals surface area contributed by atoms with Crippen molar-refractivity contribution >= 4 is 12.0 Å². The summed E-state index contributed by atoms with van der Waals surface area (Å²) in [5, 5.41) is 17.7. The van der Waals surface area contributed by atoms with E-state index in [0.29, 0.717) is 11.3 Å². The van der Waals surface area contributed by atoms with Crippen molar-refractivity contribution in [3.8, 4) is 11.3 Å². The largest absolute Gasteiger partial charge is 0.457 e. The molecule has 0 bridgehead atoms. The molecule has 5 heteroatoms. The Bertz CT molecular complexity index is 880. The lowest BCUT2D eigenvalue weighted by Gasteiger charge is -2.07. The van der Waals surface area contributed by atoms with Crippen LogP contribution in [0, 0.1) is 0 Å². The lowest BCUT2D eigenvalue weighted by atomic mass is 10.1. The van der Waals surface area contributed by atoms with Crippen molar-refractivity contribution in [3.63, 3.8) is 0 Å². The zero-order valence-electron chi connectivity index (χ0n) is 14.0. The molecule has 26 heavy (non-hydrogen) atoms. The summed E-state index contributed by atoms with van der Waals surface area (Å²) in [6.07, 6.45) is 3.10. The topological polar surface area (TPSA) is 82.6 Å². The van der Waals surface area contributed by atoms with Gasteiger partial charge in [-0.3, -0.25) is 0 Å². The van der Waals surface area contributed by atoms with Gasteiger partial charge in [-0.15, -0.1) is 0 Å². The van der Waals surface area contributed by atoms with Gasteiger partial charge in [0, 0.05) is 6.20 Å². The van der Waals surface area contributed by atoms with Gasteiger partial charge in [0.25, 0.3) is 0 Å². The number of esters is 1. The van der Waals surface area contributed by atoms with Crippen LogP contribution in [0.1, 0.15) is 21.5 Å². The number of rotatable bonds is 6. The molecule has 5 nitrogen and oxygen atoms in total. The van der Waals surface area contributed by atoms with E-state index in [1.54, 1.807) is 18.3 Å². The van der Waals surface area contributed by atoms with E-state index in [1.165, 1.54) is 6.08 Å². The Morgan fingerprint density at radius 3 is 2.46 bits per heavy atom. The Balaban J connectivity index is 1.72. The number of H-pyrrole nitrogens is 1. The van der Waals surface area contributed by atoms with Gasteiger partial charge in [0.1, 0.15) is 6.61 Å². The molecule has 1 aromatic heterocycles. The highest BCUT2D eigenvalue weighted by Gasteiger charge is 2.15. The van der Waals surface area contributed by atoms with E-state index in [4.69, 9.17) is 14.9 Å². The average Bonchev–Trinajstić information content (AvgIpc) is 3.15. The van der Waals surface area contributed by atoms with Gasteiger partial charge < -0.3 is 19.9 Å². The number of carbonyl (C=O) groups is 1. The number of nitrogens with one attached hydrogen (secondary N) is 1. The monoisotopic (exact) mass is 349 g/mol. The van der Waals surface area contributed by atoms with E-state index in [2.05, 4.69) is 4.98 Å². The van der Waals surface area contributed by atoms with E-state index in [0.717, 1.165) is 16.7 Å². The van der Waals surface area contributed by atoms with E-state index >= 15 is 0 Å². The molecule has 0 unspecified atom stereocenters. The quantitative estimate of drug-likeness (QED) is 0.471. The maximum atomic E-state index is 12.4. The van der Waals surface area contributed by atoms with E-state index < -0.39 is 12.3 Å². The third-order valence-electron chi connectivity index (χ3n) is 3.84. The minimum absolute atomic E-state index is 0.220. The zero-order chi connectivity index (χ0) is 18.4. The number of aliphatic hydroxyl groups is 2. The fraction of sp³-hybridized carbons (Fsp3) is 0.0952. The molecule has 0 aliphatic heterocycles. The van der Waals surface area contributed by atoms with Crippen LogP contribution in [-0.2, 0) is 11.3 Å². The molecule has 0 saturated carbocycles. The van der Waals surface area contributed by atoms with Gasteiger partial charge in [-0.25, -0.2) is 4.79 Å². The molecular formula is C21H19NO4. The summed E-state index contributed by atoms with van der Waals surface area (Å²) in [6, 6.07) is 18.6. The first-order valence-electron chi connectivity index (χ1n) is 8.16. The predicted molar refractivity (Wildman–Crippen MR) is 99.0 cm³/mol. The number of aromatic nitrogens is 1. The smallest absolute Gasteiger partial charge is 0.340 e. The second-order valence-electron chi connectivity index (χ2n) is 5.72. The first-order chi connectivity index (χ1) is 12.6. The number of benzene rings is 2. The maximum Gasteiger partial charge on any atom is 0.340 e. The lowest BCUT2D eigenvalue weighted by Crippen LogP contribution is -2.05. The van der Waals surface area contributed by atoms with Gasteiger partial charge in [0.05, 0.1) is 11.3 Å². The molecule has 0 spiro atoms. The van der Waals surface area contributed by atoms with Crippen molar-refractivity contribution < 1.29 is 19.7 Å². The van der Waals surface area contributed by atoms with Crippen molar-refractivity contribution in [2.45, 2.75) is 12.9 Å². The molecule has 132 valence electrons. The van der Waals surface area contributed by atoms with Gasteiger partial charge in [-0.05, 0) is 28.8 Å². The molecular weight excluding hydrogens is 330 g/mol. The van der Waals surface area contributed by atoms with Crippen molar-refractivity contribution in [2.75, 3.05) is 0 Å². The van der Waals surface area contributed by atoms with Crippen molar-refractivity contribution in [1.29, 1.82) is 0 Å². The Morgan fingerprint density at radius 2 is 1.77 bits per heavy atom. The molecule has 0 fully saturated rings. The van der Waals surface area contributed by atoms with Crippen LogP contribution in [0.15, 0.2) is 72.9 Å². The molecule has 0 aliphatic carbocycles. The highest BCUT2D eigenvalue weighted by Crippen LogP contribution is 2.24. The highest BCUT2D eigenvalue weighted by molar-refractivity contribution is 5.96. The molecule has 3 aromatic rings. The number of aliphatic hydroxyl groups excluding tert-OH is 1. The average molecular weight is 349 g/mol. The normalized spacial score (nSPS) is 11.2. The molecule has 0 amide bonds. The zero-order valence-corrected chi connectivity index (χ0v) is 14.0. The van der Waals surface area contributed by atoms with Crippen molar-refractivity contribution in [3.05, 3.63) is 89.6 Å². The molecule has 0 radical (unpaired) electrons. The number of hydrogen-bond acceptors (Lipinski definition) is 4. The van der Waals surface area contributed by atoms with Crippen LogP contribution in [0.3, 0.4) is 0 Å². The molecule has 3 rings (SSSR count). The molecule has 2 aromatic carbocycles. The predicted octanol–water partition coefficient (Wildman–Crippen LogP) is 3.36. The summed E-state index contributed by atoms with van der Waals surface area (Å²) in [5.74, 6) is -0.391. The van der Waals surface area contributed by atoms with Crippen LogP contribution in [0.5, 0.6) is 0 Å². The summed E-state index contributed by atoms with van der Waals surface area (Å²) in [6.45, 7) is 0.220. The summed E-state index contributed by atoms with van der Waals surface area (Å²) in [4.78, 5) is 15.5. The first kappa shape index (κ1) is 17.7. The van der Waals surface area contributed by atoms with Crippen molar-refractivity contribution in [1.82, 2.24) is 4.98 Å². The Morgan fingerprint density at radius 1 is 1.04 bits per heavy atom. The summed E-state index contributed by atoms with van der Waals surface area (Å²) < 4.78 is 5.40. The third kappa shape index (κ3) is 4.47. The van der Waals surface area contributed by atoms with E-state index in [9.17, 15) is 4.79 Å². The van der Waals surface area contributed by atoms with E-state index in [-0.39, 0.29) is 6.61 Å². The molecule has 0 atom stereocenters. The van der Waals surface area contributed by atoms with Gasteiger partial charge in [-0.1, -0.05) is 60.7 Å². The van der Waals surface area contributed by atoms with Gasteiger partial charge in [-0.2, -0.15) is 0 Å². The van der Waals surface area contributed by atoms with Crippen LogP contribution in [0.25, 0.3) is 17.3 Å². The van der Waals surface area contributed by atoms with E-state index in [1.807, 2.05) is 54.6 Å². The second-order valence-corrected chi connectivity index (χ2v) is 5.72. The fourth-order valence-corrected chi connectivity index (χ4v) is 2.54. The fourth-order valence-electron chi connectivity index (χ4n) is 2.54. The maximum absolute atomic E-state index is 12.4. The summed E-state index contributed by atoms with van der Waals surface area (Å²) in [5.41, 5.74) is 3.74. The summed E-state index contributed by atoms with van der Waals surface area (Å²) >= 11 is 0. The lowest BCUT2D eigenvalue weighted by molar-refractivity contribution is 0.00302. The third-order valence-corrected chi connectivity index (χ3v) is 3.84. The molecule has 0 aliphatic rings. The number of hydrogen-bond donors (Lipinski definition) is 3. The molecule has 0 saturated heterocycles. The van der Waals surface area contributed by atoms with Crippen LogP contribution in [0.2, 0.25) is 0 Å². The first-order valence-corrected chi connectivity index (χ1v) is 8.16. The SMILES string of the molecule is O=C(OCc1ccccc1)c1cc[nH]c1-c1ccc(/C=C/C(O)O)cc1. The Hall–Kier alpha value is -3.15. The minimum atomic E-state index is -1.48. The highest BCUT2D eigenvalue weighted by atomic mass is 16.5. The van der Waals surface area contributed by atoms with Crippen LogP contribution in [0.4, 0.5) is 0 Å². The Labute approximate surface area is 151 Å². The second kappa shape index (κ2) is 8.29.